The zero-order valence-electron chi connectivity index (χ0n) is 15.8. The SMILES string of the molecule is FC(F)(F)c1ccc2c(-c3ccccc3)c3cccc4c3c(c2c1)-c1ccccc1-4. The Hall–Kier alpha value is -3.59. The highest BCUT2D eigenvalue weighted by atomic mass is 19.4. The number of alkyl halides is 3. The van der Waals surface area contributed by atoms with Gasteiger partial charge in [0.25, 0.3) is 0 Å². The minimum atomic E-state index is -4.39. The average Bonchev–Trinajstić information content (AvgIpc) is 3.10. The molecule has 5 aromatic carbocycles. The van der Waals surface area contributed by atoms with Gasteiger partial charge < -0.3 is 0 Å². The number of hydrogen-bond acceptors (Lipinski definition) is 0. The molecule has 5 aromatic rings. The van der Waals surface area contributed by atoms with Crippen LogP contribution in [0.5, 0.6) is 0 Å². The van der Waals surface area contributed by atoms with E-state index in [9.17, 15) is 13.2 Å². The van der Waals surface area contributed by atoms with E-state index in [1.54, 1.807) is 6.07 Å². The fraction of sp³-hybridized carbons (Fsp3) is 0.0370. The summed E-state index contributed by atoms with van der Waals surface area (Å²) in [6.07, 6.45) is -4.39. The number of rotatable bonds is 1. The van der Waals surface area contributed by atoms with Crippen molar-refractivity contribution < 1.29 is 13.2 Å². The molecule has 0 atom stereocenters. The first-order valence-electron chi connectivity index (χ1n) is 9.79. The Morgan fingerprint density at radius 1 is 0.500 bits per heavy atom. The first-order chi connectivity index (χ1) is 14.5. The molecule has 0 amide bonds. The Morgan fingerprint density at radius 3 is 1.97 bits per heavy atom. The van der Waals surface area contributed by atoms with Crippen LogP contribution < -0.4 is 0 Å². The van der Waals surface area contributed by atoms with Gasteiger partial charge >= 0.3 is 6.18 Å². The average molecular weight is 396 g/mol. The predicted octanol–water partition coefficient (Wildman–Crippen LogP) is 8.33. The largest absolute Gasteiger partial charge is 0.416 e. The maximum atomic E-state index is 13.6. The van der Waals surface area contributed by atoms with Crippen molar-refractivity contribution in [2.45, 2.75) is 6.18 Å². The van der Waals surface area contributed by atoms with Crippen LogP contribution in [0.2, 0.25) is 0 Å². The second-order valence-electron chi connectivity index (χ2n) is 7.65. The smallest absolute Gasteiger partial charge is 0.166 e. The van der Waals surface area contributed by atoms with E-state index in [2.05, 4.69) is 12.1 Å². The van der Waals surface area contributed by atoms with Gasteiger partial charge in [0.1, 0.15) is 0 Å². The number of hydrogen-bond donors (Lipinski definition) is 0. The van der Waals surface area contributed by atoms with E-state index in [4.69, 9.17) is 0 Å². The highest BCUT2D eigenvalue weighted by Gasteiger charge is 2.32. The van der Waals surface area contributed by atoms with Crippen LogP contribution in [0.25, 0.3) is 54.9 Å². The minimum Gasteiger partial charge on any atom is -0.166 e. The van der Waals surface area contributed by atoms with Crippen LogP contribution in [0, 0.1) is 0 Å². The van der Waals surface area contributed by atoms with Crippen LogP contribution in [0.3, 0.4) is 0 Å². The molecule has 0 aromatic heterocycles. The third kappa shape index (κ3) is 2.29. The molecule has 6 rings (SSSR count). The summed E-state index contributed by atoms with van der Waals surface area (Å²) in [5.41, 5.74) is 5.40. The van der Waals surface area contributed by atoms with Crippen molar-refractivity contribution in [3.05, 3.63) is 96.6 Å². The summed E-state index contributed by atoms with van der Waals surface area (Å²) in [5, 5.41) is 3.58. The minimum absolute atomic E-state index is 0.619. The second-order valence-corrected chi connectivity index (χ2v) is 7.65. The van der Waals surface area contributed by atoms with Gasteiger partial charge in [0.2, 0.25) is 0 Å². The highest BCUT2D eigenvalue weighted by molar-refractivity contribution is 6.29. The van der Waals surface area contributed by atoms with Crippen molar-refractivity contribution in [3.8, 4) is 33.4 Å². The standard InChI is InChI=1S/C27H15F3/c28-27(29,30)17-13-14-21-23(15-17)26-19-10-5-4-9-18(19)20-11-6-12-22(25(20)26)24(21)16-7-2-1-3-8-16/h1-15H. The van der Waals surface area contributed by atoms with Gasteiger partial charge in [-0.25, -0.2) is 0 Å². The van der Waals surface area contributed by atoms with Crippen LogP contribution >= 0.6 is 0 Å². The van der Waals surface area contributed by atoms with E-state index in [0.717, 1.165) is 49.5 Å². The fourth-order valence-corrected chi connectivity index (χ4v) is 4.81. The van der Waals surface area contributed by atoms with Crippen molar-refractivity contribution >= 4 is 21.5 Å². The summed E-state index contributed by atoms with van der Waals surface area (Å²) < 4.78 is 40.8. The summed E-state index contributed by atoms with van der Waals surface area (Å²) in [4.78, 5) is 0. The van der Waals surface area contributed by atoms with Gasteiger partial charge in [-0.05, 0) is 67.1 Å². The Bertz CT molecular complexity index is 1460. The van der Waals surface area contributed by atoms with Crippen LogP contribution in [-0.4, -0.2) is 0 Å². The van der Waals surface area contributed by atoms with Crippen molar-refractivity contribution in [2.24, 2.45) is 0 Å². The van der Waals surface area contributed by atoms with E-state index < -0.39 is 11.7 Å². The van der Waals surface area contributed by atoms with Gasteiger partial charge in [0, 0.05) is 0 Å². The zero-order chi connectivity index (χ0) is 20.5. The first kappa shape index (κ1) is 17.3. The van der Waals surface area contributed by atoms with E-state index >= 15 is 0 Å². The summed E-state index contributed by atoms with van der Waals surface area (Å²) >= 11 is 0. The molecule has 1 aliphatic carbocycles. The van der Waals surface area contributed by atoms with Crippen molar-refractivity contribution in [2.75, 3.05) is 0 Å². The topological polar surface area (TPSA) is 0 Å². The summed E-state index contributed by atoms with van der Waals surface area (Å²) in [7, 11) is 0. The zero-order valence-corrected chi connectivity index (χ0v) is 15.8. The molecule has 0 N–H and O–H groups in total. The molecule has 0 saturated carbocycles. The molecule has 0 spiro atoms. The summed E-state index contributed by atoms with van der Waals surface area (Å²) in [5.74, 6) is 0. The Kier molecular flexibility index (Phi) is 3.43. The van der Waals surface area contributed by atoms with Gasteiger partial charge in [-0.3, -0.25) is 0 Å². The molecular weight excluding hydrogens is 381 g/mol. The number of fused-ring (bicyclic) bond motifs is 5. The summed E-state index contributed by atoms with van der Waals surface area (Å²) in [6.45, 7) is 0. The van der Waals surface area contributed by atoms with Crippen molar-refractivity contribution in [1.29, 1.82) is 0 Å². The fourth-order valence-electron chi connectivity index (χ4n) is 4.81. The number of benzene rings is 5. The van der Waals surface area contributed by atoms with Gasteiger partial charge in [-0.2, -0.15) is 13.2 Å². The second kappa shape index (κ2) is 5.96. The Morgan fingerprint density at radius 2 is 1.20 bits per heavy atom. The van der Waals surface area contributed by atoms with Crippen molar-refractivity contribution in [3.63, 3.8) is 0 Å². The molecule has 0 aliphatic heterocycles. The lowest BCUT2D eigenvalue weighted by Gasteiger charge is -2.17. The molecule has 0 heterocycles. The predicted molar refractivity (Wildman–Crippen MR) is 116 cm³/mol. The molecule has 0 nitrogen and oxygen atoms in total. The van der Waals surface area contributed by atoms with Gasteiger partial charge in [-0.1, -0.05) is 78.9 Å². The van der Waals surface area contributed by atoms with E-state index in [1.807, 2.05) is 60.7 Å². The lowest BCUT2D eigenvalue weighted by Crippen LogP contribution is -2.04. The van der Waals surface area contributed by atoms with Crippen LogP contribution in [0.4, 0.5) is 13.2 Å². The summed E-state index contributed by atoms with van der Waals surface area (Å²) in [6, 6.07) is 28.2. The van der Waals surface area contributed by atoms with Gasteiger partial charge in [-0.15, -0.1) is 0 Å². The lowest BCUT2D eigenvalue weighted by atomic mass is 9.87. The van der Waals surface area contributed by atoms with Gasteiger partial charge in [0.15, 0.2) is 0 Å². The Labute approximate surface area is 171 Å². The lowest BCUT2D eigenvalue weighted by molar-refractivity contribution is -0.137. The van der Waals surface area contributed by atoms with E-state index in [0.29, 0.717) is 5.39 Å². The molecule has 0 unspecified atom stereocenters. The van der Waals surface area contributed by atoms with Crippen LogP contribution in [0.15, 0.2) is 91.0 Å². The third-order valence-corrected chi connectivity index (χ3v) is 6.02. The normalized spacial score (nSPS) is 12.5. The van der Waals surface area contributed by atoms with Gasteiger partial charge in [0.05, 0.1) is 5.56 Å². The molecule has 144 valence electrons. The molecule has 0 saturated heterocycles. The van der Waals surface area contributed by atoms with Crippen LogP contribution in [0.1, 0.15) is 5.56 Å². The van der Waals surface area contributed by atoms with E-state index in [1.165, 1.54) is 12.1 Å². The Balaban J connectivity index is 1.88. The maximum Gasteiger partial charge on any atom is 0.416 e. The molecular formula is C27H15F3. The molecule has 1 aliphatic rings. The quantitative estimate of drug-likeness (QED) is 0.245. The number of halogens is 3. The highest BCUT2D eigenvalue weighted by Crippen LogP contribution is 2.53. The van der Waals surface area contributed by atoms with Crippen molar-refractivity contribution in [1.82, 2.24) is 0 Å². The van der Waals surface area contributed by atoms with E-state index in [-0.39, 0.29) is 0 Å². The molecule has 0 radical (unpaired) electrons. The van der Waals surface area contributed by atoms with Crippen LogP contribution in [-0.2, 0) is 6.18 Å². The molecule has 0 fully saturated rings. The molecule has 3 heteroatoms. The maximum absolute atomic E-state index is 13.6. The molecule has 30 heavy (non-hydrogen) atoms. The molecule has 0 bridgehead atoms. The third-order valence-electron chi connectivity index (χ3n) is 6.02. The first-order valence-corrected chi connectivity index (χ1v) is 9.79. The monoisotopic (exact) mass is 396 g/mol.